The summed E-state index contributed by atoms with van der Waals surface area (Å²) in [6, 6.07) is 8.48. The minimum atomic E-state index is 0.652. The lowest BCUT2D eigenvalue weighted by Gasteiger charge is -2.34. The van der Waals surface area contributed by atoms with Gasteiger partial charge in [-0.2, -0.15) is 11.8 Å². The molecule has 1 aromatic carbocycles. The summed E-state index contributed by atoms with van der Waals surface area (Å²) in [5, 5.41) is 4.17. The SMILES string of the molecule is CCNC(=NCc1cccc(COC)c1)N1CCSC(CC)C1. The van der Waals surface area contributed by atoms with Gasteiger partial charge in [-0.25, -0.2) is 4.99 Å². The molecule has 1 fully saturated rings. The summed E-state index contributed by atoms with van der Waals surface area (Å²) in [7, 11) is 1.73. The van der Waals surface area contributed by atoms with E-state index in [1.54, 1.807) is 7.11 Å². The van der Waals surface area contributed by atoms with Gasteiger partial charge >= 0.3 is 0 Å². The molecule has 1 unspecified atom stereocenters. The maximum absolute atomic E-state index is 5.21. The Bertz CT molecular complexity index is 507. The molecule has 5 heteroatoms. The predicted molar refractivity (Wildman–Crippen MR) is 100 cm³/mol. The molecule has 1 N–H and O–H groups in total. The molecule has 23 heavy (non-hydrogen) atoms. The smallest absolute Gasteiger partial charge is 0.194 e. The maximum Gasteiger partial charge on any atom is 0.194 e. The van der Waals surface area contributed by atoms with Gasteiger partial charge in [0.15, 0.2) is 5.96 Å². The molecule has 0 aliphatic carbocycles. The highest BCUT2D eigenvalue weighted by Crippen LogP contribution is 2.21. The number of nitrogens with zero attached hydrogens (tertiary/aromatic N) is 2. The summed E-state index contributed by atoms with van der Waals surface area (Å²) < 4.78 is 5.21. The Labute approximate surface area is 144 Å². The molecule has 1 aromatic rings. The fourth-order valence-corrected chi connectivity index (χ4v) is 3.92. The van der Waals surface area contributed by atoms with Gasteiger partial charge in [-0.15, -0.1) is 0 Å². The summed E-state index contributed by atoms with van der Waals surface area (Å²) in [6.45, 7) is 8.84. The third-order valence-electron chi connectivity index (χ3n) is 3.94. The Morgan fingerprint density at radius 3 is 2.96 bits per heavy atom. The Morgan fingerprint density at radius 2 is 2.22 bits per heavy atom. The fraction of sp³-hybridized carbons (Fsp3) is 0.611. The Hall–Kier alpha value is -1.20. The van der Waals surface area contributed by atoms with Gasteiger partial charge in [0, 0.05) is 37.7 Å². The van der Waals surface area contributed by atoms with Crippen LogP contribution >= 0.6 is 11.8 Å². The Balaban J connectivity index is 2.04. The van der Waals surface area contributed by atoms with Gasteiger partial charge in [-0.05, 0) is 24.5 Å². The van der Waals surface area contributed by atoms with Crippen LogP contribution in [0.15, 0.2) is 29.3 Å². The van der Waals surface area contributed by atoms with Gasteiger partial charge in [0.25, 0.3) is 0 Å². The van der Waals surface area contributed by atoms with Crippen LogP contribution in [-0.4, -0.2) is 48.6 Å². The van der Waals surface area contributed by atoms with Crippen molar-refractivity contribution >= 4 is 17.7 Å². The molecule has 0 radical (unpaired) electrons. The van der Waals surface area contributed by atoms with Crippen molar-refractivity contribution in [3.8, 4) is 0 Å². The van der Waals surface area contributed by atoms with Crippen LogP contribution < -0.4 is 5.32 Å². The van der Waals surface area contributed by atoms with E-state index in [9.17, 15) is 0 Å². The molecule has 4 nitrogen and oxygen atoms in total. The number of ether oxygens (including phenoxy) is 1. The lowest BCUT2D eigenvalue weighted by atomic mass is 10.1. The van der Waals surface area contributed by atoms with Gasteiger partial charge < -0.3 is 15.0 Å². The Morgan fingerprint density at radius 1 is 1.39 bits per heavy atom. The van der Waals surface area contributed by atoms with Crippen molar-refractivity contribution < 1.29 is 4.74 Å². The number of hydrogen-bond donors (Lipinski definition) is 1. The molecule has 0 saturated carbocycles. The molecule has 1 aliphatic rings. The molecule has 1 heterocycles. The second-order valence-electron chi connectivity index (χ2n) is 5.77. The molecule has 0 spiro atoms. The third kappa shape index (κ3) is 5.74. The first-order valence-electron chi connectivity index (χ1n) is 8.48. The molecule has 128 valence electrons. The van der Waals surface area contributed by atoms with E-state index in [1.807, 2.05) is 0 Å². The zero-order valence-corrected chi connectivity index (χ0v) is 15.4. The van der Waals surface area contributed by atoms with Crippen LogP contribution in [0.1, 0.15) is 31.4 Å². The van der Waals surface area contributed by atoms with E-state index >= 15 is 0 Å². The van der Waals surface area contributed by atoms with Crippen LogP contribution in [0.4, 0.5) is 0 Å². The number of aliphatic imine (C=N–C) groups is 1. The first-order valence-corrected chi connectivity index (χ1v) is 9.53. The van der Waals surface area contributed by atoms with Gasteiger partial charge in [0.1, 0.15) is 0 Å². The topological polar surface area (TPSA) is 36.9 Å². The highest BCUT2D eigenvalue weighted by atomic mass is 32.2. The number of hydrogen-bond acceptors (Lipinski definition) is 3. The number of guanidine groups is 1. The molecular formula is C18H29N3OS. The van der Waals surface area contributed by atoms with Gasteiger partial charge in [-0.3, -0.25) is 0 Å². The minimum Gasteiger partial charge on any atom is -0.380 e. The van der Waals surface area contributed by atoms with Crippen LogP contribution in [0.5, 0.6) is 0 Å². The van der Waals surface area contributed by atoms with E-state index in [-0.39, 0.29) is 0 Å². The van der Waals surface area contributed by atoms with E-state index in [0.717, 1.165) is 30.8 Å². The number of nitrogens with one attached hydrogen (secondary N) is 1. The van der Waals surface area contributed by atoms with Crippen molar-refractivity contribution in [2.45, 2.75) is 38.7 Å². The molecule has 0 aromatic heterocycles. The third-order valence-corrected chi connectivity index (χ3v) is 5.31. The molecule has 1 saturated heterocycles. The van der Waals surface area contributed by atoms with Crippen molar-refractivity contribution in [3.63, 3.8) is 0 Å². The van der Waals surface area contributed by atoms with Crippen molar-refractivity contribution in [2.75, 3.05) is 32.5 Å². The normalized spacial score (nSPS) is 19.0. The average molecular weight is 336 g/mol. The number of methoxy groups -OCH3 is 1. The monoisotopic (exact) mass is 335 g/mol. The van der Waals surface area contributed by atoms with Crippen LogP contribution in [0.3, 0.4) is 0 Å². The first-order chi connectivity index (χ1) is 11.3. The van der Waals surface area contributed by atoms with Crippen molar-refractivity contribution in [1.29, 1.82) is 0 Å². The zero-order chi connectivity index (χ0) is 16.5. The largest absolute Gasteiger partial charge is 0.380 e. The quantitative estimate of drug-likeness (QED) is 0.640. The minimum absolute atomic E-state index is 0.652. The molecule has 0 amide bonds. The fourth-order valence-electron chi connectivity index (χ4n) is 2.74. The molecular weight excluding hydrogens is 306 g/mol. The summed E-state index contributed by atoms with van der Waals surface area (Å²) in [4.78, 5) is 7.27. The highest BCUT2D eigenvalue weighted by Gasteiger charge is 2.21. The second-order valence-corrected chi connectivity index (χ2v) is 7.18. The lowest BCUT2D eigenvalue weighted by molar-refractivity contribution is 0.185. The lowest BCUT2D eigenvalue weighted by Crippen LogP contribution is -2.48. The zero-order valence-electron chi connectivity index (χ0n) is 14.5. The highest BCUT2D eigenvalue weighted by molar-refractivity contribution is 8.00. The van der Waals surface area contributed by atoms with Crippen LogP contribution in [0.2, 0.25) is 0 Å². The first kappa shape index (κ1) is 18.1. The van der Waals surface area contributed by atoms with Crippen LogP contribution in [0, 0.1) is 0 Å². The predicted octanol–water partition coefficient (Wildman–Crippen LogP) is 3.13. The summed E-state index contributed by atoms with van der Waals surface area (Å²) in [5.74, 6) is 2.23. The van der Waals surface area contributed by atoms with Gasteiger partial charge in [-0.1, -0.05) is 31.2 Å². The van der Waals surface area contributed by atoms with Gasteiger partial charge in [0.2, 0.25) is 0 Å². The van der Waals surface area contributed by atoms with Crippen LogP contribution in [-0.2, 0) is 17.9 Å². The average Bonchev–Trinajstić information content (AvgIpc) is 2.59. The van der Waals surface area contributed by atoms with Crippen molar-refractivity contribution in [3.05, 3.63) is 35.4 Å². The van der Waals surface area contributed by atoms with Gasteiger partial charge in [0.05, 0.1) is 13.2 Å². The van der Waals surface area contributed by atoms with Crippen molar-refractivity contribution in [2.24, 2.45) is 4.99 Å². The Kier molecular flexibility index (Phi) is 7.76. The summed E-state index contributed by atoms with van der Waals surface area (Å²) >= 11 is 2.09. The van der Waals surface area contributed by atoms with E-state index in [4.69, 9.17) is 9.73 Å². The molecule has 1 aliphatic heterocycles. The number of rotatable bonds is 6. The standard InChI is InChI=1S/C18H29N3OS/c1-4-17-13-21(9-10-23-17)18(19-5-2)20-12-15-7-6-8-16(11-15)14-22-3/h6-8,11,17H,4-5,9-10,12-14H2,1-3H3,(H,19,20). The van der Waals surface area contributed by atoms with Crippen molar-refractivity contribution in [1.82, 2.24) is 10.2 Å². The summed E-state index contributed by atoms with van der Waals surface area (Å²) in [5.41, 5.74) is 2.43. The number of benzene rings is 1. The van der Waals surface area contributed by atoms with Crippen LogP contribution in [0.25, 0.3) is 0 Å². The number of thioether (sulfide) groups is 1. The maximum atomic E-state index is 5.21. The van der Waals surface area contributed by atoms with E-state index in [2.05, 4.69) is 60.1 Å². The molecule has 1 atom stereocenters. The van der Waals surface area contributed by atoms with E-state index < -0.39 is 0 Å². The molecule has 0 bridgehead atoms. The molecule has 2 rings (SSSR count). The van der Waals surface area contributed by atoms with E-state index in [1.165, 1.54) is 23.3 Å². The summed E-state index contributed by atoms with van der Waals surface area (Å²) in [6.07, 6.45) is 1.22. The van der Waals surface area contributed by atoms with E-state index in [0.29, 0.717) is 13.2 Å². The second kappa shape index (κ2) is 9.83.